The summed E-state index contributed by atoms with van der Waals surface area (Å²) in [5.41, 5.74) is 0.752. The molecular formula is C25H25BrN2O3. The summed E-state index contributed by atoms with van der Waals surface area (Å²) in [7, 11) is 0. The number of nitrogens with zero attached hydrogens (tertiary/aromatic N) is 2. The minimum Gasteiger partial charge on any atom is -0.308 e. The van der Waals surface area contributed by atoms with Crippen LogP contribution in [0.3, 0.4) is 0 Å². The molecule has 4 rings (SSSR count). The quantitative estimate of drug-likeness (QED) is 0.484. The normalized spacial score (nSPS) is 14.5. The third-order valence-electron chi connectivity index (χ3n) is 6.02. The van der Waals surface area contributed by atoms with Gasteiger partial charge in [-0.3, -0.25) is 14.4 Å². The van der Waals surface area contributed by atoms with E-state index in [9.17, 15) is 14.4 Å². The largest absolute Gasteiger partial charge is 0.308 e. The smallest absolute Gasteiger partial charge is 0.270 e. The second-order valence-electron chi connectivity index (χ2n) is 7.96. The number of pyridine rings is 1. The van der Waals surface area contributed by atoms with Crippen molar-refractivity contribution in [3.8, 4) is 0 Å². The highest BCUT2D eigenvalue weighted by molar-refractivity contribution is 9.10. The lowest BCUT2D eigenvalue weighted by molar-refractivity contribution is 0.0802. The van der Waals surface area contributed by atoms with Crippen molar-refractivity contribution in [3.05, 3.63) is 75.0 Å². The van der Waals surface area contributed by atoms with E-state index in [1.54, 1.807) is 17.0 Å². The minimum atomic E-state index is -0.533. The molecule has 0 unspecified atom stereocenters. The molecule has 5 nitrogen and oxygen atoms in total. The maximum absolute atomic E-state index is 13.5. The van der Waals surface area contributed by atoms with Crippen LogP contribution in [0.1, 0.15) is 54.2 Å². The van der Waals surface area contributed by atoms with E-state index in [4.69, 9.17) is 0 Å². The van der Waals surface area contributed by atoms with Crippen molar-refractivity contribution in [2.45, 2.75) is 39.0 Å². The number of para-hydroxylation sites is 1. The molecule has 6 heteroatoms. The minimum absolute atomic E-state index is 0.0210. The molecule has 1 aliphatic rings. The van der Waals surface area contributed by atoms with E-state index in [1.165, 1.54) is 4.57 Å². The molecule has 0 bridgehead atoms. The third-order valence-corrected chi connectivity index (χ3v) is 6.54. The van der Waals surface area contributed by atoms with Crippen molar-refractivity contribution >= 4 is 44.3 Å². The second kappa shape index (κ2) is 9.18. The number of amides is 1. The van der Waals surface area contributed by atoms with Crippen LogP contribution in [0, 0.1) is 5.92 Å². The van der Waals surface area contributed by atoms with E-state index in [-0.39, 0.29) is 17.4 Å². The average molecular weight is 481 g/mol. The van der Waals surface area contributed by atoms with E-state index >= 15 is 0 Å². The zero-order chi connectivity index (χ0) is 22.0. The van der Waals surface area contributed by atoms with E-state index in [0.717, 1.165) is 36.6 Å². The Labute approximate surface area is 189 Å². The van der Waals surface area contributed by atoms with Crippen molar-refractivity contribution in [1.82, 2.24) is 4.57 Å². The van der Waals surface area contributed by atoms with Gasteiger partial charge in [0, 0.05) is 22.6 Å². The van der Waals surface area contributed by atoms with Gasteiger partial charge in [-0.25, -0.2) is 4.57 Å². The zero-order valence-electron chi connectivity index (χ0n) is 17.5. The Bertz CT molecular complexity index is 1180. The first-order chi connectivity index (χ1) is 15.0. The third kappa shape index (κ3) is 4.22. The monoisotopic (exact) mass is 480 g/mol. The fourth-order valence-electron chi connectivity index (χ4n) is 4.37. The first kappa shape index (κ1) is 21.5. The standard InChI is InChI=1S/C25H25BrN2O3/c1-2-27(20-14-12-19(26)13-15-20)24(30)21-16-18-10-6-7-11-22(18)28(25(21)31)23(29)17-8-4-3-5-9-17/h6-7,10-17H,2-5,8-9H2,1H3. The number of anilines is 1. The van der Waals surface area contributed by atoms with E-state index < -0.39 is 11.5 Å². The number of hydrogen-bond acceptors (Lipinski definition) is 3. The Morgan fingerprint density at radius 1 is 1.03 bits per heavy atom. The molecule has 1 saturated carbocycles. The molecule has 0 radical (unpaired) electrons. The molecule has 31 heavy (non-hydrogen) atoms. The highest BCUT2D eigenvalue weighted by Crippen LogP contribution is 2.27. The van der Waals surface area contributed by atoms with E-state index in [2.05, 4.69) is 15.9 Å². The zero-order valence-corrected chi connectivity index (χ0v) is 19.1. The molecule has 2 aromatic carbocycles. The van der Waals surface area contributed by atoms with Gasteiger partial charge in [0.05, 0.1) is 5.52 Å². The fraction of sp³-hybridized carbons (Fsp3) is 0.320. The van der Waals surface area contributed by atoms with Gasteiger partial charge in [0.25, 0.3) is 11.5 Å². The van der Waals surface area contributed by atoms with Crippen LogP contribution in [0.5, 0.6) is 0 Å². The number of aromatic nitrogens is 1. The molecular weight excluding hydrogens is 456 g/mol. The molecule has 0 aliphatic heterocycles. The van der Waals surface area contributed by atoms with Crippen molar-refractivity contribution in [2.75, 3.05) is 11.4 Å². The van der Waals surface area contributed by atoms with Crippen LogP contribution in [0.15, 0.2) is 63.9 Å². The van der Waals surface area contributed by atoms with Crippen LogP contribution in [0.4, 0.5) is 5.69 Å². The van der Waals surface area contributed by atoms with Crippen LogP contribution in [0.2, 0.25) is 0 Å². The number of benzene rings is 2. The van der Waals surface area contributed by atoms with Gasteiger partial charge in [-0.2, -0.15) is 0 Å². The van der Waals surface area contributed by atoms with Crippen molar-refractivity contribution in [3.63, 3.8) is 0 Å². The first-order valence-corrected chi connectivity index (χ1v) is 11.6. The Kier molecular flexibility index (Phi) is 6.37. The lowest BCUT2D eigenvalue weighted by Crippen LogP contribution is -2.40. The predicted octanol–water partition coefficient (Wildman–Crippen LogP) is 5.65. The van der Waals surface area contributed by atoms with E-state index in [0.29, 0.717) is 23.1 Å². The van der Waals surface area contributed by atoms with Gasteiger partial charge in [-0.05, 0) is 61.5 Å². The molecule has 1 aliphatic carbocycles. The maximum Gasteiger partial charge on any atom is 0.270 e. The van der Waals surface area contributed by atoms with Gasteiger partial charge in [0.2, 0.25) is 5.91 Å². The molecule has 1 aromatic heterocycles. The van der Waals surface area contributed by atoms with Crippen LogP contribution < -0.4 is 10.5 Å². The van der Waals surface area contributed by atoms with Gasteiger partial charge < -0.3 is 4.90 Å². The van der Waals surface area contributed by atoms with Crippen LogP contribution >= 0.6 is 15.9 Å². The average Bonchev–Trinajstić information content (AvgIpc) is 2.80. The molecule has 1 amide bonds. The van der Waals surface area contributed by atoms with E-state index in [1.807, 2.05) is 49.4 Å². The van der Waals surface area contributed by atoms with Crippen LogP contribution in [0.25, 0.3) is 10.9 Å². The van der Waals surface area contributed by atoms with Gasteiger partial charge in [-0.15, -0.1) is 0 Å². The van der Waals surface area contributed by atoms with Crippen molar-refractivity contribution in [2.24, 2.45) is 5.92 Å². The molecule has 1 heterocycles. The first-order valence-electron chi connectivity index (χ1n) is 10.8. The van der Waals surface area contributed by atoms with Gasteiger partial charge >= 0.3 is 0 Å². The summed E-state index contributed by atoms with van der Waals surface area (Å²) in [6.07, 6.45) is 4.69. The Hall–Kier alpha value is -2.73. The maximum atomic E-state index is 13.5. The number of fused-ring (bicyclic) bond motifs is 1. The molecule has 3 aromatic rings. The highest BCUT2D eigenvalue weighted by atomic mass is 79.9. The topological polar surface area (TPSA) is 59.4 Å². The summed E-state index contributed by atoms with van der Waals surface area (Å²) in [5.74, 6) is -0.762. The van der Waals surface area contributed by atoms with Crippen molar-refractivity contribution < 1.29 is 9.59 Å². The van der Waals surface area contributed by atoms with Gasteiger partial charge in [0.1, 0.15) is 5.56 Å². The summed E-state index contributed by atoms with van der Waals surface area (Å²) in [4.78, 5) is 41.9. The van der Waals surface area contributed by atoms with Crippen LogP contribution in [-0.4, -0.2) is 22.9 Å². The lowest BCUT2D eigenvalue weighted by Gasteiger charge is -2.24. The van der Waals surface area contributed by atoms with Crippen molar-refractivity contribution in [1.29, 1.82) is 0 Å². The molecule has 160 valence electrons. The summed E-state index contributed by atoms with van der Waals surface area (Å²) < 4.78 is 2.15. The second-order valence-corrected chi connectivity index (χ2v) is 8.87. The predicted molar refractivity (Wildman–Crippen MR) is 127 cm³/mol. The molecule has 1 fully saturated rings. The van der Waals surface area contributed by atoms with Gasteiger partial charge in [-0.1, -0.05) is 53.4 Å². The number of hydrogen-bond donors (Lipinski definition) is 0. The molecule has 0 spiro atoms. The molecule has 0 saturated heterocycles. The Balaban J connectivity index is 1.83. The lowest BCUT2D eigenvalue weighted by atomic mass is 9.88. The molecule has 0 atom stereocenters. The highest BCUT2D eigenvalue weighted by Gasteiger charge is 2.28. The summed E-state index contributed by atoms with van der Waals surface area (Å²) in [6.45, 7) is 2.27. The van der Waals surface area contributed by atoms with Crippen LogP contribution in [-0.2, 0) is 0 Å². The Morgan fingerprint density at radius 2 is 1.71 bits per heavy atom. The SMILES string of the molecule is CCN(C(=O)c1cc2ccccc2n(C(=O)C2CCCCC2)c1=O)c1ccc(Br)cc1. The summed E-state index contributed by atoms with van der Waals surface area (Å²) in [6, 6.07) is 16.3. The number of carbonyl (C=O) groups excluding carboxylic acids is 2. The number of halogens is 1. The summed E-state index contributed by atoms with van der Waals surface area (Å²) >= 11 is 3.41. The number of carbonyl (C=O) groups is 2. The Morgan fingerprint density at radius 3 is 2.39 bits per heavy atom. The fourth-order valence-corrected chi connectivity index (χ4v) is 4.64. The van der Waals surface area contributed by atoms with Gasteiger partial charge in [0.15, 0.2) is 0 Å². The molecule has 0 N–H and O–H groups in total. The summed E-state index contributed by atoms with van der Waals surface area (Å²) in [5, 5.41) is 0.710. The number of rotatable bonds is 4.